The maximum atomic E-state index is 13.3. The number of piperazine rings is 1. The van der Waals surface area contributed by atoms with Crippen LogP contribution in [0, 0.1) is 17.0 Å². The van der Waals surface area contributed by atoms with E-state index in [-0.39, 0.29) is 41.6 Å². The van der Waals surface area contributed by atoms with Crippen molar-refractivity contribution in [2.24, 2.45) is 0 Å². The van der Waals surface area contributed by atoms with Gasteiger partial charge >= 0.3 is 6.18 Å². The van der Waals surface area contributed by atoms with Crippen LogP contribution in [0.5, 0.6) is 0 Å². The topological polar surface area (TPSA) is 105 Å². The van der Waals surface area contributed by atoms with Gasteiger partial charge in [-0.05, 0) is 18.6 Å². The summed E-state index contributed by atoms with van der Waals surface area (Å²) in [6.07, 6.45) is -4.59. The molecule has 0 spiro atoms. The first kappa shape index (κ1) is 23.6. The zero-order valence-corrected chi connectivity index (χ0v) is 16.0. The number of benzene rings is 1. The number of aryl methyl sites for hydroxylation is 1. The Hall–Kier alpha value is -1.47. The molecule has 1 unspecified atom stereocenters. The van der Waals surface area contributed by atoms with Gasteiger partial charge in [-0.1, -0.05) is 0 Å². The first-order valence-electron chi connectivity index (χ1n) is 7.78. The highest BCUT2D eigenvalue weighted by molar-refractivity contribution is 7.89. The molecule has 1 atom stereocenters. The minimum atomic E-state index is -4.59. The van der Waals surface area contributed by atoms with Crippen molar-refractivity contribution in [3.63, 3.8) is 0 Å². The SMILES string of the molecule is Cc1cc([N+](=O)[O-])ccc1S(=O)(=O)NCC(N1CCNCC1)C(F)(F)F.Cl. The predicted octanol–water partition coefficient (Wildman–Crippen LogP) is 1.44. The van der Waals surface area contributed by atoms with Crippen molar-refractivity contribution < 1.29 is 26.5 Å². The van der Waals surface area contributed by atoms with Gasteiger partial charge in [-0.3, -0.25) is 15.0 Å². The van der Waals surface area contributed by atoms with E-state index in [9.17, 15) is 31.7 Å². The Balaban J connectivity index is 0.00000364. The van der Waals surface area contributed by atoms with Crippen LogP contribution in [-0.4, -0.2) is 63.2 Å². The van der Waals surface area contributed by atoms with E-state index in [2.05, 4.69) is 5.32 Å². The Morgan fingerprint density at radius 1 is 1.33 bits per heavy atom. The van der Waals surface area contributed by atoms with Gasteiger partial charge in [-0.15, -0.1) is 12.4 Å². The lowest BCUT2D eigenvalue weighted by atomic mass is 10.2. The standard InChI is InChI=1S/C14H19F3N4O4S.ClH/c1-10-8-11(21(22)23)2-3-12(10)26(24,25)19-9-13(14(15,16)17)20-6-4-18-5-7-20;/h2-3,8,13,18-19H,4-7,9H2,1H3;1H. The molecule has 1 aliphatic rings. The average Bonchev–Trinajstić information content (AvgIpc) is 2.54. The molecule has 27 heavy (non-hydrogen) atoms. The molecule has 1 fully saturated rings. The van der Waals surface area contributed by atoms with Crippen molar-refractivity contribution in [3.8, 4) is 0 Å². The second-order valence-electron chi connectivity index (χ2n) is 5.90. The number of rotatable bonds is 6. The molecule has 1 aromatic rings. The molecule has 0 radical (unpaired) electrons. The highest BCUT2D eigenvalue weighted by Gasteiger charge is 2.44. The van der Waals surface area contributed by atoms with Gasteiger partial charge in [0.25, 0.3) is 5.69 Å². The zero-order valence-electron chi connectivity index (χ0n) is 14.3. The molecular formula is C14H20ClF3N4O4S. The van der Waals surface area contributed by atoms with E-state index in [1.54, 1.807) is 0 Å². The maximum absolute atomic E-state index is 13.3. The molecular weight excluding hydrogens is 413 g/mol. The second-order valence-corrected chi connectivity index (χ2v) is 7.64. The molecule has 0 aromatic heterocycles. The number of nitro benzene ring substituents is 1. The molecule has 13 heteroatoms. The van der Waals surface area contributed by atoms with Gasteiger partial charge in [0, 0.05) is 44.9 Å². The highest BCUT2D eigenvalue weighted by Crippen LogP contribution is 2.26. The van der Waals surface area contributed by atoms with Gasteiger partial charge in [0.2, 0.25) is 10.0 Å². The number of sulfonamides is 1. The van der Waals surface area contributed by atoms with Crippen LogP contribution in [0.4, 0.5) is 18.9 Å². The number of halogens is 4. The van der Waals surface area contributed by atoms with Crippen molar-refractivity contribution >= 4 is 28.1 Å². The highest BCUT2D eigenvalue weighted by atomic mass is 35.5. The van der Waals surface area contributed by atoms with Gasteiger partial charge in [0.05, 0.1) is 9.82 Å². The molecule has 2 N–H and O–H groups in total. The lowest BCUT2D eigenvalue weighted by Gasteiger charge is -2.35. The van der Waals surface area contributed by atoms with E-state index in [4.69, 9.17) is 0 Å². The summed E-state index contributed by atoms with van der Waals surface area (Å²) in [5.41, 5.74) is -0.215. The van der Waals surface area contributed by atoms with Crippen molar-refractivity contribution in [1.82, 2.24) is 14.9 Å². The average molecular weight is 433 g/mol. The minimum Gasteiger partial charge on any atom is -0.314 e. The third-order valence-corrected chi connectivity index (χ3v) is 5.68. The summed E-state index contributed by atoms with van der Waals surface area (Å²) in [6, 6.07) is 1.13. The summed E-state index contributed by atoms with van der Waals surface area (Å²) >= 11 is 0. The summed E-state index contributed by atoms with van der Waals surface area (Å²) in [5, 5.41) is 13.7. The van der Waals surface area contributed by atoms with Crippen LogP contribution >= 0.6 is 12.4 Å². The molecule has 0 saturated carbocycles. The van der Waals surface area contributed by atoms with E-state index >= 15 is 0 Å². The Morgan fingerprint density at radius 2 is 1.93 bits per heavy atom. The lowest BCUT2D eigenvalue weighted by molar-refractivity contribution is -0.385. The summed E-state index contributed by atoms with van der Waals surface area (Å²) in [4.78, 5) is 10.9. The van der Waals surface area contributed by atoms with Crippen LogP contribution in [0.15, 0.2) is 23.1 Å². The number of hydrogen-bond donors (Lipinski definition) is 2. The molecule has 0 bridgehead atoms. The number of nitro groups is 1. The maximum Gasteiger partial charge on any atom is 0.405 e. The van der Waals surface area contributed by atoms with E-state index < -0.39 is 33.7 Å². The number of nitrogens with zero attached hydrogens (tertiary/aromatic N) is 2. The molecule has 0 aliphatic carbocycles. The second kappa shape index (κ2) is 9.15. The number of non-ortho nitro benzene ring substituents is 1. The van der Waals surface area contributed by atoms with Gasteiger partial charge in [-0.2, -0.15) is 13.2 Å². The van der Waals surface area contributed by atoms with Gasteiger partial charge in [-0.25, -0.2) is 13.1 Å². The summed E-state index contributed by atoms with van der Waals surface area (Å²) in [5.74, 6) is 0. The molecule has 8 nitrogen and oxygen atoms in total. The molecule has 1 heterocycles. The van der Waals surface area contributed by atoms with E-state index in [1.807, 2.05) is 4.72 Å². The van der Waals surface area contributed by atoms with Crippen LogP contribution in [0.1, 0.15) is 5.56 Å². The van der Waals surface area contributed by atoms with Crippen LogP contribution in [0.3, 0.4) is 0 Å². The third-order valence-electron chi connectivity index (χ3n) is 4.10. The smallest absolute Gasteiger partial charge is 0.314 e. The summed E-state index contributed by atoms with van der Waals surface area (Å²) in [6.45, 7) is 1.61. The van der Waals surface area contributed by atoms with Crippen molar-refractivity contribution in [2.45, 2.75) is 24.0 Å². The van der Waals surface area contributed by atoms with Crippen LogP contribution in [0.25, 0.3) is 0 Å². The molecule has 1 aliphatic heterocycles. The van der Waals surface area contributed by atoms with E-state index in [0.717, 1.165) is 18.2 Å². The molecule has 2 rings (SSSR count). The van der Waals surface area contributed by atoms with Gasteiger partial charge in [0.15, 0.2) is 0 Å². The number of hydrogen-bond acceptors (Lipinski definition) is 6. The molecule has 154 valence electrons. The minimum absolute atomic E-state index is 0. The Labute approximate surface area is 160 Å². The quantitative estimate of drug-likeness (QED) is 0.520. The predicted molar refractivity (Wildman–Crippen MR) is 94.6 cm³/mol. The largest absolute Gasteiger partial charge is 0.405 e. The summed E-state index contributed by atoms with van der Waals surface area (Å²) < 4.78 is 66.7. The first-order chi connectivity index (χ1) is 12.0. The first-order valence-corrected chi connectivity index (χ1v) is 9.27. The molecule has 0 amide bonds. The van der Waals surface area contributed by atoms with Gasteiger partial charge < -0.3 is 5.32 Å². The fraction of sp³-hybridized carbons (Fsp3) is 0.571. The Morgan fingerprint density at radius 3 is 2.41 bits per heavy atom. The van der Waals surface area contributed by atoms with Crippen LogP contribution in [-0.2, 0) is 10.0 Å². The summed E-state index contributed by atoms with van der Waals surface area (Å²) in [7, 11) is -4.24. The monoisotopic (exact) mass is 432 g/mol. The third kappa shape index (κ3) is 6.01. The number of nitrogens with one attached hydrogen (secondary N) is 2. The van der Waals surface area contributed by atoms with Crippen molar-refractivity contribution in [1.29, 1.82) is 0 Å². The fourth-order valence-corrected chi connectivity index (χ4v) is 4.02. The molecule has 1 aromatic carbocycles. The fourth-order valence-electron chi connectivity index (χ4n) is 2.76. The normalized spacial score (nSPS) is 17.2. The number of alkyl halides is 3. The van der Waals surface area contributed by atoms with Crippen LogP contribution < -0.4 is 10.0 Å². The van der Waals surface area contributed by atoms with Crippen molar-refractivity contribution in [2.75, 3.05) is 32.7 Å². The van der Waals surface area contributed by atoms with E-state index in [0.29, 0.717) is 13.1 Å². The van der Waals surface area contributed by atoms with E-state index in [1.165, 1.54) is 11.8 Å². The van der Waals surface area contributed by atoms with Crippen LogP contribution in [0.2, 0.25) is 0 Å². The van der Waals surface area contributed by atoms with Crippen molar-refractivity contribution in [3.05, 3.63) is 33.9 Å². The van der Waals surface area contributed by atoms with Gasteiger partial charge in [0.1, 0.15) is 6.04 Å². The Kier molecular flexibility index (Phi) is 7.99. The lowest BCUT2D eigenvalue weighted by Crippen LogP contribution is -2.57. The molecule has 1 saturated heterocycles. The zero-order chi connectivity index (χ0) is 19.5. The Bertz CT molecular complexity index is 770.